The summed E-state index contributed by atoms with van der Waals surface area (Å²) in [6, 6.07) is 4.50. The van der Waals surface area contributed by atoms with E-state index >= 15 is 0 Å². The molecule has 1 aromatic carbocycles. The molecule has 3 nitrogen and oxygen atoms in total. The van der Waals surface area contributed by atoms with Crippen LogP contribution in [0, 0.1) is 5.92 Å². The van der Waals surface area contributed by atoms with E-state index in [0.29, 0.717) is 11.8 Å². The molecule has 1 aromatic rings. The number of aliphatic hydroxyl groups is 1. The maximum atomic E-state index is 9.71. The quantitative estimate of drug-likeness (QED) is 0.452. The number of allylic oxidation sites excluding steroid dienone is 1. The summed E-state index contributed by atoms with van der Waals surface area (Å²) in [4.78, 5) is 0. The van der Waals surface area contributed by atoms with Crippen LogP contribution in [0.2, 0.25) is 0 Å². The fourth-order valence-corrected chi connectivity index (χ4v) is 5.10. The summed E-state index contributed by atoms with van der Waals surface area (Å²) in [6.07, 6.45) is 8.95. The summed E-state index contributed by atoms with van der Waals surface area (Å²) >= 11 is 0. The van der Waals surface area contributed by atoms with Crippen LogP contribution < -0.4 is 9.47 Å². The highest BCUT2D eigenvalue weighted by Crippen LogP contribution is 2.55. The molecule has 2 aliphatic rings. The van der Waals surface area contributed by atoms with E-state index in [4.69, 9.17) is 9.47 Å². The van der Waals surface area contributed by atoms with E-state index in [2.05, 4.69) is 52.8 Å². The Balaban J connectivity index is 2.03. The Hall–Kier alpha value is -1.48. The van der Waals surface area contributed by atoms with Gasteiger partial charge in [-0.05, 0) is 61.8 Å². The average molecular weight is 387 g/mol. The van der Waals surface area contributed by atoms with Crippen LogP contribution in [-0.4, -0.2) is 24.4 Å². The summed E-state index contributed by atoms with van der Waals surface area (Å²) in [7, 11) is 1.77. The third-order valence-corrected chi connectivity index (χ3v) is 6.98. The van der Waals surface area contributed by atoms with Crippen molar-refractivity contribution in [2.24, 2.45) is 5.92 Å². The number of ether oxygens (including phenoxy) is 2. The summed E-state index contributed by atoms with van der Waals surface area (Å²) in [5.41, 5.74) is 3.48. The third kappa shape index (κ3) is 3.96. The fraction of sp³-hybridized carbons (Fsp3) is 0.680. The lowest BCUT2D eigenvalue weighted by atomic mass is 9.66. The number of hydrogen-bond donors (Lipinski definition) is 1. The van der Waals surface area contributed by atoms with Crippen LogP contribution in [0.4, 0.5) is 0 Å². The van der Waals surface area contributed by atoms with Gasteiger partial charge in [0.2, 0.25) is 0 Å². The smallest absolute Gasteiger partial charge is 0.127 e. The van der Waals surface area contributed by atoms with Crippen molar-refractivity contribution in [2.75, 3.05) is 13.7 Å². The lowest BCUT2D eigenvalue weighted by Crippen LogP contribution is -2.45. The maximum Gasteiger partial charge on any atom is 0.127 e. The van der Waals surface area contributed by atoms with Gasteiger partial charge in [0.15, 0.2) is 0 Å². The Morgan fingerprint density at radius 1 is 1.25 bits per heavy atom. The number of methoxy groups -OCH3 is 1. The van der Waals surface area contributed by atoms with E-state index < -0.39 is 0 Å². The molecule has 1 N–H and O–H groups in total. The van der Waals surface area contributed by atoms with Crippen molar-refractivity contribution in [3.8, 4) is 11.5 Å². The Morgan fingerprint density at radius 3 is 2.64 bits per heavy atom. The van der Waals surface area contributed by atoms with Gasteiger partial charge in [0, 0.05) is 17.4 Å². The zero-order chi connectivity index (χ0) is 20.5. The van der Waals surface area contributed by atoms with Crippen LogP contribution in [0.25, 0.3) is 0 Å². The Labute approximate surface area is 171 Å². The number of rotatable bonds is 7. The van der Waals surface area contributed by atoms with E-state index in [9.17, 15) is 5.11 Å². The second kappa shape index (κ2) is 8.10. The number of unbranched alkanes of at least 4 members (excludes halogenated alkanes) is 2. The van der Waals surface area contributed by atoms with Crippen molar-refractivity contribution >= 4 is 0 Å². The van der Waals surface area contributed by atoms with E-state index in [-0.39, 0.29) is 17.6 Å². The van der Waals surface area contributed by atoms with E-state index in [1.54, 1.807) is 7.11 Å². The SMILES string of the molecule is CCCCCC(C)(C)c1cc(OC)c2c(c1)OC(C)(C)C1CC=C(CO)CC21. The minimum atomic E-state index is -0.231. The first kappa shape index (κ1) is 21.2. The molecule has 28 heavy (non-hydrogen) atoms. The third-order valence-electron chi connectivity index (χ3n) is 6.98. The van der Waals surface area contributed by atoms with Gasteiger partial charge >= 0.3 is 0 Å². The lowest BCUT2D eigenvalue weighted by Gasteiger charge is -2.47. The molecule has 0 spiro atoms. The maximum absolute atomic E-state index is 9.71. The van der Waals surface area contributed by atoms with Crippen LogP contribution in [0.3, 0.4) is 0 Å². The molecule has 1 heterocycles. The van der Waals surface area contributed by atoms with Crippen molar-refractivity contribution < 1.29 is 14.6 Å². The van der Waals surface area contributed by atoms with Crippen LogP contribution in [0.5, 0.6) is 11.5 Å². The molecule has 0 radical (unpaired) electrons. The molecule has 3 rings (SSSR count). The standard InChI is InChI=1S/C25H38O3/c1-7-8-9-12-24(2,3)18-14-21(27-6)23-19-13-17(16-26)10-11-20(19)25(4,5)28-22(23)15-18/h10,14-15,19-20,26H,7-9,11-13,16H2,1-6H3. The molecule has 0 aromatic heterocycles. The minimum absolute atomic E-state index is 0.0879. The molecule has 0 amide bonds. The van der Waals surface area contributed by atoms with Crippen molar-refractivity contribution in [3.05, 3.63) is 34.9 Å². The highest BCUT2D eigenvalue weighted by Gasteiger charge is 2.46. The molecule has 2 unspecified atom stereocenters. The second-order valence-electron chi connectivity index (χ2n) is 9.81. The summed E-state index contributed by atoms with van der Waals surface area (Å²) < 4.78 is 12.5. The van der Waals surface area contributed by atoms with E-state index in [1.807, 2.05) is 0 Å². The molecule has 0 saturated carbocycles. The zero-order valence-electron chi connectivity index (χ0n) is 18.6. The van der Waals surface area contributed by atoms with Gasteiger partial charge in [-0.1, -0.05) is 46.1 Å². The summed E-state index contributed by atoms with van der Waals surface area (Å²) in [5, 5.41) is 9.71. The van der Waals surface area contributed by atoms with Crippen molar-refractivity contribution in [1.29, 1.82) is 0 Å². The van der Waals surface area contributed by atoms with Crippen LogP contribution in [0.1, 0.15) is 90.2 Å². The first-order chi connectivity index (χ1) is 13.2. The normalized spacial score (nSPS) is 23.3. The highest BCUT2D eigenvalue weighted by atomic mass is 16.5. The van der Waals surface area contributed by atoms with Gasteiger partial charge in [-0.2, -0.15) is 0 Å². The van der Waals surface area contributed by atoms with Gasteiger partial charge in [0.25, 0.3) is 0 Å². The van der Waals surface area contributed by atoms with Crippen molar-refractivity contribution in [1.82, 2.24) is 0 Å². The first-order valence-electron chi connectivity index (χ1n) is 10.9. The van der Waals surface area contributed by atoms with Gasteiger partial charge < -0.3 is 14.6 Å². The van der Waals surface area contributed by atoms with Gasteiger partial charge in [-0.25, -0.2) is 0 Å². The molecular weight excluding hydrogens is 348 g/mol. The monoisotopic (exact) mass is 386 g/mol. The van der Waals surface area contributed by atoms with Crippen LogP contribution in [-0.2, 0) is 5.41 Å². The molecule has 1 aliphatic heterocycles. The summed E-state index contributed by atoms with van der Waals surface area (Å²) in [6.45, 7) is 11.5. The zero-order valence-corrected chi connectivity index (χ0v) is 18.6. The highest BCUT2D eigenvalue weighted by molar-refractivity contribution is 5.54. The largest absolute Gasteiger partial charge is 0.496 e. The predicted octanol–water partition coefficient (Wildman–Crippen LogP) is 6.14. The van der Waals surface area contributed by atoms with Crippen molar-refractivity contribution in [3.63, 3.8) is 0 Å². The molecule has 1 aliphatic carbocycles. The molecular formula is C25H38O3. The van der Waals surface area contributed by atoms with Gasteiger partial charge in [0.1, 0.15) is 17.1 Å². The number of aliphatic hydroxyl groups excluding tert-OH is 1. The van der Waals surface area contributed by atoms with Crippen LogP contribution >= 0.6 is 0 Å². The predicted molar refractivity (Wildman–Crippen MR) is 116 cm³/mol. The molecule has 0 fully saturated rings. The average Bonchev–Trinajstić information content (AvgIpc) is 2.66. The summed E-state index contributed by atoms with van der Waals surface area (Å²) in [5.74, 6) is 2.65. The lowest BCUT2D eigenvalue weighted by molar-refractivity contribution is 0.00659. The minimum Gasteiger partial charge on any atom is -0.496 e. The van der Waals surface area contributed by atoms with Crippen molar-refractivity contribution in [2.45, 2.75) is 90.1 Å². The Kier molecular flexibility index (Phi) is 6.14. The Bertz CT molecular complexity index is 730. The number of hydrogen-bond acceptors (Lipinski definition) is 3. The van der Waals surface area contributed by atoms with Gasteiger partial charge in [-0.3, -0.25) is 0 Å². The van der Waals surface area contributed by atoms with Gasteiger partial charge in [-0.15, -0.1) is 0 Å². The van der Waals surface area contributed by atoms with Crippen LogP contribution in [0.15, 0.2) is 23.8 Å². The molecule has 156 valence electrons. The number of fused-ring (bicyclic) bond motifs is 3. The number of benzene rings is 1. The molecule has 3 heteroatoms. The molecule has 0 saturated heterocycles. The van der Waals surface area contributed by atoms with E-state index in [0.717, 1.165) is 36.3 Å². The topological polar surface area (TPSA) is 38.7 Å². The Morgan fingerprint density at radius 2 is 2.00 bits per heavy atom. The fourth-order valence-electron chi connectivity index (χ4n) is 5.10. The molecule has 2 atom stereocenters. The molecule has 0 bridgehead atoms. The van der Waals surface area contributed by atoms with Gasteiger partial charge in [0.05, 0.1) is 13.7 Å². The van der Waals surface area contributed by atoms with E-state index in [1.165, 1.54) is 30.4 Å². The second-order valence-corrected chi connectivity index (χ2v) is 9.81. The first-order valence-corrected chi connectivity index (χ1v) is 10.9.